The van der Waals surface area contributed by atoms with Crippen LogP contribution < -0.4 is 14.2 Å². The number of likely N-dealkylation sites (N-methyl/N-ethyl adjacent to an activating group) is 1. The van der Waals surface area contributed by atoms with Crippen LogP contribution >= 0.6 is 0 Å². The zero-order chi connectivity index (χ0) is 19.0. The summed E-state index contributed by atoms with van der Waals surface area (Å²) in [5.41, 5.74) is 2.04. The van der Waals surface area contributed by atoms with Crippen LogP contribution in [0.2, 0.25) is 0 Å². The number of esters is 1. The van der Waals surface area contributed by atoms with Gasteiger partial charge in [0.15, 0.2) is 19.0 Å². The molecule has 1 aromatic carbocycles. The highest BCUT2D eigenvalue weighted by atomic mass is 16.5. The van der Waals surface area contributed by atoms with Crippen molar-refractivity contribution < 1.29 is 23.6 Å². The lowest BCUT2D eigenvalue weighted by atomic mass is 10.1. The van der Waals surface area contributed by atoms with E-state index in [0.717, 1.165) is 5.39 Å². The van der Waals surface area contributed by atoms with Crippen LogP contribution in [0.4, 0.5) is 5.69 Å². The third kappa shape index (κ3) is 2.97. The molecule has 0 saturated carbocycles. The molecule has 1 amide bonds. The molecular formula is C20H18N3O4+. The van der Waals surface area contributed by atoms with E-state index in [2.05, 4.69) is 4.98 Å². The number of nitrogens with zero attached hydrogens (tertiary/aromatic N) is 3. The van der Waals surface area contributed by atoms with Crippen molar-refractivity contribution in [1.82, 2.24) is 4.98 Å². The van der Waals surface area contributed by atoms with Crippen LogP contribution in [-0.4, -0.2) is 37.1 Å². The molecule has 2 aromatic heterocycles. The molecule has 0 spiro atoms. The number of carbonyl (C=O) groups is 2. The van der Waals surface area contributed by atoms with E-state index in [4.69, 9.17) is 9.47 Å². The van der Waals surface area contributed by atoms with Crippen molar-refractivity contribution in [2.45, 2.75) is 6.92 Å². The number of ether oxygens (including phenoxy) is 2. The Morgan fingerprint density at radius 3 is 2.78 bits per heavy atom. The summed E-state index contributed by atoms with van der Waals surface area (Å²) in [6.45, 7) is 2.01. The van der Waals surface area contributed by atoms with Crippen molar-refractivity contribution in [3.8, 4) is 11.4 Å². The molecule has 4 rings (SSSR count). The van der Waals surface area contributed by atoms with Gasteiger partial charge in [0.25, 0.3) is 5.91 Å². The minimum atomic E-state index is -0.496. The van der Waals surface area contributed by atoms with Crippen LogP contribution in [0, 0.1) is 0 Å². The van der Waals surface area contributed by atoms with E-state index in [-0.39, 0.29) is 24.8 Å². The number of fused-ring (bicyclic) bond motifs is 2. The van der Waals surface area contributed by atoms with Gasteiger partial charge in [-0.2, -0.15) is 4.57 Å². The molecule has 1 aliphatic heterocycles. The number of hydrogen-bond acceptors (Lipinski definition) is 5. The molecule has 0 atom stereocenters. The van der Waals surface area contributed by atoms with Gasteiger partial charge in [0.2, 0.25) is 11.4 Å². The number of rotatable bonds is 3. The van der Waals surface area contributed by atoms with Crippen LogP contribution in [0.25, 0.3) is 16.6 Å². The molecule has 0 N–H and O–H groups in total. The molecule has 0 aliphatic carbocycles. The minimum absolute atomic E-state index is 0.00361. The second-order valence-electron chi connectivity index (χ2n) is 6.11. The van der Waals surface area contributed by atoms with Crippen molar-refractivity contribution in [3.05, 3.63) is 54.5 Å². The van der Waals surface area contributed by atoms with E-state index in [1.807, 2.05) is 47.3 Å². The van der Waals surface area contributed by atoms with Crippen molar-refractivity contribution in [2.24, 2.45) is 0 Å². The summed E-state index contributed by atoms with van der Waals surface area (Å²) in [4.78, 5) is 30.5. The minimum Gasteiger partial charge on any atom is -0.482 e. The predicted molar refractivity (Wildman–Crippen MR) is 98.1 cm³/mol. The molecule has 7 heteroatoms. The van der Waals surface area contributed by atoms with E-state index in [0.29, 0.717) is 22.6 Å². The summed E-state index contributed by atoms with van der Waals surface area (Å²) in [7, 11) is 1.69. The molecule has 1 aliphatic rings. The van der Waals surface area contributed by atoms with Gasteiger partial charge in [0.05, 0.1) is 17.8 Å². The highest BCUT2D eigenvalue weighted by molar-refractivity contribution is 6.01. The molecule has 0 fully saturated rings. The summed E-state index contributed by atoms with van der Waals surface area (Å²) in [6, 6.07) is 11.1. The highest BCUT2D eigenvalue weighted by Gasteiger charge is 2.27. The Labute approximate surface area is 155 Å². The summed E-state index contributed by atoms with van der Waals surface area (Å²) in [5, 5.41) is 0.802. The van der Waals surface area contributed by atoms with Crippen LogP contribution in [0.5, 0.6) is 5.75 Å². The highest BCUT2D eigenvalue weighted by Crippen LogP contribution is 2.35. The molecule has 7 nitrogen and oxygen atoms in total. The SMILES string of the molecule is CCOC(=O)c1nc2cc3c(cc2cc1-[n+]1ccccc1)OCC(=O)N3C. The molecule has 3 aromatic rings. The molecule has 0 radical (unpaired) electrons. The zero-order valence-corrected chi connectivity index (χ0v) is 15.0. The topological polar surface area (TPSA) is 72.6 Å². The predicted octanol–water partition coefficient (Wildman–Crippen LogP) is 2.04. The number of carbonyl (C=O) groups excluding carboxylic acids is 2. The van der Waals surface area contributed by atoms with Gasteiger partial charge in [-0.3, -0.25) is 4.79 Å². The van der Waals surface area contributed by atoms with Crippen LogP contribution in [-0.2, 0) is 9.53 Å². The first kappa shape index (κ1) is 17.0. The van der Waals surface area contributed by atoms with Crippen LogP contribution in [0.1, 0.15) is 17.4 Å². The lowest BCUT2D eigenvalue weighted by molar-refractivity contribution is -0.596. The van der Waals surface area contributed by atoms with Crippen molar-refractivity contribution >= 4 is 28.5 Å². The molecule has 0 bridgehead atoms. The molecule has 0 unspecified atom stereocenters. The number of amides is 1. The Balaban J connectivity index is 1.95. The van der Waals surface area contributed by atoms with Gasteiger partial charge in [-0.1, -0.05) is 6.07 Å². The van der Waals surface area contributed by atoms with E-state index < -0.39 is 5.97 Å². The Morgan fingerprint density at radius 1 is 1.26 bits per heavy atom. The third-order valence-corrected chi connectivity index (χ3v) is 4.42. The quantitative estimate of drug-likeness (QED) is 0.525. The van der Waals surface area contributed by atoms with Gasteiger partial charge in [0, 0.05) is 30.6 Å². The summed E-state index contributed by atoms with van der Waals surface area (Å²) >= 11 is 0. The number of benzene rings is 1. The summed E-state index contributed by atoms with van der Waals surface area (Å²) in [5.74, 6) is -0.0209. The van der Waals surface area contributed by atoms with Crippen molar-refractivity contribution in [2.75, 3.05) is 25.2 Å². The summed E-state index contributed by atoms with van der Waals surface area (Å²) in [6.07, 6.45) is 3.68. The second kappa shape index (κ2) is 6.68. The molecular weight excluding hydrogens is 346 g/mol. The molecule has 27 heavy (non-hydrogen) atoms. The van der Waals surface area contributed by atoms with E-state index in [9.17, 15) is 9.59 Å². The number of aromatic nitrogens is 2. The monoisotopic (exact) mass is 364 g/mol. The maximum Gasteiger partial charge on any atom is 0.363 e. The van der Waals surface area contributed by atoms with Gasteiger partial charge in [-0.15, -0.1) is 0 Å². The first-order chi connectivity index (χ1) is 13.1. The van der Waals surface area contributed by atoms with Crippen LogP contribution in [0.15, 0.2) is 48.8 Å². The van der Waals surface area contributed by atoms with Gasteiger partial charge in [0.1, 0.15) is 5.75 Å². The maximum atomic E-state index is 12.5. The Morgan fingerprint density at radius 2 is 2.04 bits per heavy atom. The fourth-order valence-electron chi connectivity index (χ4n) is 3.03. The lowest BCUT2D eigenvalue weighted by Crippen LogP contribution is -2.35. The van der Waals surface area contributed by atoms with E-state index in [1.54, 1.807) is 20.0 Å². The molecule has 136 valence electrons. The van der Waals surface area contributed by atoms with Crippen LogP contribution in [0.3, 0.4) is 0 Å². The number of pyridine rings is 2. The lowest BCUT2D eigenvalue weighted by Gasteiger charge is -2.26. The summed E-state index contributed by atoms with van der Waals surface area (Å²) < 4.78 is 12.6. The second-order valence-corrected chi connectivity index (χ2v) is 6.11. The van der Waals surface area contributed by atoms with E-state index >= 15 is 0 Å². The van der Waals surface area contributed by atoms with E-state index in [1.165, 1.54) is 4.90 Å². The fraction of sp³-hybridized carbons (Fsp3) is 0.200. The fourth-order valence-corrected chi connectivity index (χ4v) is 3.03. The molecule has 0 saturated heterocycles. The van der Waals surface area contributed by atoms with Gasteiger partial charge < -0.3 is 14.4 Å². The average Bonchev–Trinajstić information content (AvgIpc) is 2.69. The molecule has 3 heterocycles. The Hall–Kier alpha value is -3.48. The first-order valence-corrected chi connectivity index (χ1v) is 8.60. The normalized spacial score (nSPS) is 13.3. The smallest absolute Gasteiger partial charge is 0.363 e. The largest absolute Gasteiger partial charge is 0.482 e. The zero-order valence-electron chi connectivity index (χ0n) is 15.0. The third-order valence-electron chi connectivity index (χ3n) is 4.42. The number of hydrogen-bond donors (Lipinski definition) is 0. The van der Waals surface area contributed by atoms with Crippen molar-refractivity contribution in [1.29, 1.82) is 0 Å². The van der Waals surface area contributed by atoms with Crippen molar-refractivity contribution in [3.63, 3.8) is 0 Å². The van der Waals surface area contributed by atoms with Gasteiger partial charge in [-0.25, -0.2) is 9.78 Å². The average molecular weight is 364 g/mol. The Bertz CT molecular complexity index is 1050. The first-order valence-electron chi connectivity index (χ1n) is 8.60. The standard InChI is InChI=1S/C20H18N3O4/c1-3-26-20(25)19-16(23-7-5-4-6-8-23)9-13-10-17-15(11-14(13)21-19)22(2)18(24)12-27-17/h4-11H,3,12H2,1-2H3/q+1. The maximum absolute atomic E-state index is 12.5. The number of anilines is 1. The Kier molecular flexibility index (Phi) is 4.19. The van der Waals surface area contributed by atoms with Gasteiger partial charge in [-0.05, 0) is 19.1 Å². The van der Waals surface area contributed by atoms with Gasteiger partial charge >= 0.3 is 5.97 Å².